The van der Waals surface area contributed by atoms with Crippen LogP contribution in [0.15, 0.2) is 22.7 Å². The highest BCUT2D eigenvalue weighted by atomic mass is 79.9. The van der Waals surface area contributed by atoms with E-state index in [2.05, 4.69) is 21.2 Å². The zero-order valence-corrected chi connectivity index (χ0v) is 10.1. The molecule has 1 aliphatic carbocycles. The molecular formula is C11H11BrFNO2. The Labute approximate surface area is 101 Å². The molecule has 1 aromatic carbocycles. The van der Waals surface area contributed by atoms with Crippen molar-refractivity contribution in [3.8, 4) is 0 Å². The van der Waals surface area contributed by atoms with Crippen LogP contribution in [-0.4, -0.2) is 17.6 Å². The standard InChI is InChI=1S/C11H11BrFNO2/c12-7-1-2-8(13)9(5-7)14-10(16)11(6-15)3-4-11/h1-2,5,15H,3-4,6H2,(H,14,16). The Bertz CT molecular complexity index is 432. The van der Waals surface area contributed by atoms with Crippen LogP contribution in [0.4, 0.5) is 10.1 Å². The van der Waals surface area contributed by atoms with Crippen molar-refractivity contribution >= 4 is 27.5 Å². The summed E-state index contributed by atoms with van der Waals surface area (Å²) in [5, 5.41) is 11.6. The number of anilines is 1. The summed E-state index contributed by atoms with van der Waals surface area (Å²) >= 11 is 3.20. The number of hydrogen-bond acceptors (Lipinski definition) is 2. The lowest BCUT2D eigenvalue weighted by Crippen LogP contribution is -2.27. The number of nitrogens with one attached hydrogen (secondary N) is 1. The number of carbonyl (C=O) groups is 1. The normalized spacial score (nSPS) is 16.9. The van der Waals surface area contributed by atoms with Gasteiger partial charge in [-0.1, -0.05) is 15.9 Å². The van der Waals surface area contributed by atoms with Crippen LogP contribution in [0.5, 0.6) is 0 Å². The summed E-state index contributed by atoms with van der Waals surface area (Å²) in [6.07, 6.45) is 1.32. The Balaban J connectivity index is 2.15. The minimum absolute atomic E-state index is 0.138. The molecule has 1 aliphatic rings. The van der Waals surface area contributed by atoms with Crippen LogP contribution in [-0.2, 0) is 4.79 Å². The molecule has 2 rings (SSSR count). The van der Waals surface area contributed by atoms with E-state index in [0.29, 0.717) is 17.3 Å². The monoisotopic (exact) mass is 287 g/mol. The topological polar surface area (TPSA) is 49.3 Å². The quantitative estimate of drug-likeness (QED) is 0.896. The molecule has 0 unspecified atom stereocenters. The van der Waals surface area contributed by atoms with Gasteiger partial charge in [-0.15, -0.1) is 0 Å². The van der Waals surface area contributed by atoms with E-state index < -0.39 is 11.2 Å². The molecule has 0 radical (unpaired) electrons. The summed E-state index contributed by atoms with van der Waals surface area (Å²) in [5.41, 5.74) is -0.548. The van der Waals surface area contributed by atoms with E-state index in [-0.39, 0.29) is 18.2 Å². The van der Waals surface area contributed by atoms with E-state index >= 15 is 0 Å². The molecule has 1 aromatic rings. The van der Waals surface area contributed by atoms with E-state index in [1.54, 1.807) is 6.07 Å². The first kappa shape index (κ1) is 11.5. The summed E-state index contributed by atoms with van der Waals surface area (Å²) < 4.78 is 14.0. The zero-order valence-electron chi connectivity index (χ0n) is 8.46. The average Bonchev–Trinajstić information content (AvgIpc) is 3.04. The number of halogens is 2. The third kappa shape index (κ3) is 2.10. The maximum absolute atomic E-state index is 13.3. The van der Waals surface area contributed by atoms with Crippen molar-refractivity contribution in [1.82, 2.24) is 0 Å². The van der Waals surface area contributed by atoms with Crippen LogP contribution in [0.2, 0.25) is 0 Å². The van der Waals surface area contributed by atoms with Crippen LogP contribution in [0.1, 0.15) is 12.8 Å². The number of rotatable bonds is 3. The molecule has 16 heavy (non-hydrogen) atoms. The third-order valence-electron chi connectivity index (χ3n) is 2.81. The van der Waals surface area contributed by atoms with Crippen molar-refractivity contribution in [1.29, 1.82) is 0 Å². The molecule has 0 saturated heterocycles. The fourth-order valence-electron chi connectivity index (χ4n) is 1.46. The van der Waals surface area contributed by atoms with Crippen LogP contribution in [0, 0.1) is 11.2 Å². The molecule has 1 saturated carbocycles. The van der Waals surface area contributed by atoms with E-state index in [1.807, 2.05) is 0 Å². The van der Waals surface area contributed by atoms with Crippen LogP contribution >= 0.6 is 15.9 Å². The molecule has 3 nitrogen and oxygen atoms in total. The van der Waals surface area contributed by atoms with E-state index in [1.165, 1.54) is 12.1 Å². The maximum atomic E-state index is 13.3. The number of aliphatic hydroxyl groups is 1. The number of amides is 1. The molecule has 86 valence electrons. The maximum Gasteiger partial charge on any atom is 0.232 e. The van der Waals surface area contributed by atoms with E-state index in [0.717, 1.165) is 0 Å². The van der Waals surface area contributed by atoms with Gasteiger partial charge in [0.05, 0.1) is 17.7 Å². The van der Waals surface area contributed by atoms with Crippen molar-refractivity contribution in [3.63, 3.8) is 0 Å². The van der Waals surface area contributed by atoms with Gasteiger partial charge >= 0.3 is 0 Å². The van der Waals surface area contributed by atoms with Crippen LogP contribution in [0.3, 0.4) is 0 Å². The molecule has 0 aromatic heterocycles. The minimum Gasteiger partial charge on any atom is -0.395 e. The third-order valence-corrected chi connectivity index (χ3v) is 3.31. The van der Waals surface area contributed by atoms with Crippen molar-refractivity contribution in [2.24, 2.45) is 5.41 Å². The van der Waals surface area contributed by atoms with Crippen molar-refractivity contribution < 1.29 is 14.3 Å². The van der Waals surface area contributed by atoms with Crippen LogP contribution < -0.4 is 5.32 Å². The van der Waals surface area contributed by atoms with Gasteiger partial charge in [0.25, 0.3) is 0 Å². The predicted molar refractivity (Wildman–Crippen MR) is 61.5 cm³/mol. The number of benzene rings is 1. The highest BCUT2D eigenvalue weighted by Crippen LogP contribution is 2.46. The van der Waals surface area contributed by atoms with Gasteiger partial charge in [0.15, 0.2) is 0 Å². The zero-order chi connectivity index (χ0) is 11.8. The Morgan fingerprint density at radius 3 is 2.81 bits per heavy atom. The van der Waals surface area contributed by atoms with Gasteiger partial charge in [0, 0.05) is 4.47 Å². The lowest BCUT2D eigenvalue weighted by Gasteiger charge is -2.12. The van der Waals surface area contributed by atoms with Crippen molar-refractivity contribution in [2.45, 2.75) is 12.8 Å². The van der Waals surface area contributed by atoms with Gasteiger partial charge in [-0.3, -0.25) is 4.79 Å². The fourth-order valence-corrected chi connectivity index (χ4v) is 1.82. The van der Waals surface area contributed by atoms with Gasteiger partial charge < -0.3 is 10.4 Å². The fraction of sp³-hybridized carbons (Fsp3) is 0.364. The predicted octanol–water partition coefficient (Wildman–Crippen LogP) is 2.30. The molecule has 0 aliphatic heterocycles. The second-order valence-corrected chi connectivity index (χ2v) is 4.93. The average molecular weight is 288 g/mol. The molecule has 1 fully saturated rings. The van der Waals surface area contributed by atoms with Gasteiger partial charge in [-0.2, -0.15) is 0 Å². The van der Waals surface area contributed by atoms with E-state index in [9.17, 15) is 9.18 Å². The first-order valence-corrected chi connectivity index (χ1v) is 5.74. The molecule has 0 bridgehead atoms. The summed E-state index contributed by atoms with van der Waals surface area (Å²) in [6, 6.07) is 4.34. The Hall–Kier alpha value is -0.940. The van der Waals surface area contributed by atoms with Gasteiger partial charge in [-0.05, 0) is 31.0 Å². The number of hydrogen-bond donors (Lipinski definition) is 2. The second-order valence-electron chi connectivity index (χ2n) is 4.02. The molecule has 0 spiro atoms. The second kappa shape index (κ2) is 4.14. The molecule has 0 atom stereocenters. The van der Waals surface area contributed by atoms with E-state index in [4.69, 9.17) is 5.11 Å². The highest BCUT2D eigenvalue weighted by Gasteiger charge is 2.49. The Kier molecular flexibility index (Phi) is 2.99. The summed E-state index contributed by atoms with van der Waals surface area (Å²) in [4.78, 5) is 11.7. The SMILES string of the molecule is O=C(Nc1cc(Br)ccc1F)C1(CO)CC1. The van der Waals surface area contributed by atoms with Crippen molar-refractivity contribution in [2.75, 3.05) is 11.9 Å². The van der Waals surface area contributed by atoms with Gasteiger partial charge in [-0.25, -0.2) is 4.39 Å². The highest BCUT2D eigenvalue weighted by molar-refractivity contribution is 9.10. The lowest BCUT2D eigenvalue weighted by molar-refractivity contribution is -0.122. The number of aliphatic hydroxyl groups excluding tert-OH is 1. The summed E-state index contributed by atoms with van der Waals surface area (Å²) in [5.74, 6) is -0.794. The lowest BCUT2D eigenvalue weighted by atomic mass is 10.1. The molecule has 5 heteroatoms. The Morgan fingerprint density at radius 2 is 2.25 bits per heavy atom. The first-order chi connectivity index (χ1) is 7.57. The van der Waals surface area contributed by atoms with Gasteiger partial charge in [0.2, 0.25) is 5.91 Å². The minimum atomic E-state index is -0.686. The van der Waals surface area contributed by atoms with Crippen LogP contribution in [0.25, 0.3) is 0 Å². The molecule has 1 amide bonds. The van der Waals surface area contributed by atoms with Gasteiger partial charge in [0.1, 0.15) is 5.82 Å². The summed E-state index contributed by atoms with van der Waals surface area (Å²) in [7, 11) is 0. The summed E-state index contributed by atoms with van der Waals surface area (Å²) in [6.45, 7) is -0.186. The first-order valence-electron chi connectivity index (χ1n) is 4.95. The number of carbonyl (C=O) groups excluding carboxylic acids is 1. The van der Waals surface area contributed by atoms with Crippen molar-refractivity contribution in [3.05, 3.63) is 28.5 Å². The molecular weight excluding hydrogens is 277 g/mol. The smallest absolute Gasteiger partial charge is 0.232 e. The molecule has 0 heterocycles. The Morgan fingerprint density at radius 1 is 1.56 bits per heavy atom. The largest absolute Gasteiger partial charge is 0.395 e. The molecule has 2 N–H and O–H groups in total.